The number of thiophene rings is 1. The van der Waals surface area contributed by atoms with E-state index in [9.17, 15) is 0 Å². The fourth-order valence-electron chi connectivity index (χ4n) is 3.03. The SMILES string of the molecule is COc1ccc([C@@H]2Cn3nnc(-c4noc(-c5cccs5)n4)c3CO2)cc1. The molecule has 0 radical (unpaired) electrons. The fraction of sp³-hybridized carbons (Fsp3) is 0.222. The summed E-state index contributed by atoms with van der Waals surface area (Å²) in [5.74, 6) is 1.72. The summed E-state index contributed by atoms with van der Waals surface area (Å²) in [5.41, 5.74) is 2.51. The fourth-order valence-corrected chi connectivity index (χ4v) is 3.67. The van der Waals surface area contributed by atoms with Crippen molar-refractivity contribution in [1.29, 1.82) is 0 Å². The number of fused-ring (bicyclic) bond motifs is 1. The molecule has 4 aromatic rings. The molecular weight excluding hydrogens is 366 g/mol. The summed E-state index contributed by atoms with van der Waals surface area (Å²) in [6.45, 7) is 0.951. The first kappa shape index (κ1) is 16.2. The van der Waals surface area contributed by atoms with Gasteiger partial charge < -0.3 is 14.0 Å². The monoisotopic (exact) mass is 381 g/mol. The average Bonchev–Trinajstić information content (AvgIpc) is 3.46. The van der Waals surface area contributed by atoms with Crippen molar-refractivity contribution in [1.82, 2.24) is 25.1 Å². The Morgan fingerprint density at radius 1 is 1.22 bits per heavy atom. The van der Waals surface area contributed by atoms with E-state index in [1.807, 2.05) is 46.5 Å². The van der Waals surface area contributed by atoms with Gasteiger partial charge in [0.2, 0.25) is 5.82 Å². The molecule has 4 heterocycles. The number of aromatic nitrogens is 5. The summed E-state index contributed by atoms with van der Waals surface area (Å²) in [6.07, 6.45) is -0.0927. The summed E-state index contributed by atoms with van der Waals surface area (Å²) < 4.78 is 18.4. The smallest absolute Gasteiger partial charge is 0.268 e. The summed E-state index contributed by atoms with van der Waals surface area (Å²) in [4.78, 5) is 5.37. The number of ether oxygens (including phenoxy) is 2. The van der Waals surface area contributed by atoms with Crippen LogP contribution in [0.4, 0.5) is 0 Å². The maximum Gasteiger partial charge on any atom is 0.268 e. The Morgan fingerprint density at radius 3 is 2.89 bits per heavy atom. The van der Waals surface area contributed by atoms with Gasteiger partial charge in [0.1, 0.15) is 11.9 Å². The predicted octanol–water partition coefficient (Wildman–Crippen LogP) is 3.34. The first-order valence-electron chi connectivity index (χ1n) is 8.37. The van der Waals surface area contributed by atoms with Gasteiger partial charge in [-0.25, -0.2) is 4.68 Å². The normalized spacial score (nSPS) is 16.3. The lowest BCUT2D eigenvalue weighted by Gasteiger charge is -2.24. The van der Waals surface area contributed by atoms with Crippen LogP contribution in [0.3, 0.4) is 0 Å². The van der Waals surface area contributed by atoms with Crippen LogP contribution < -0.4 is 4.74 Å². The first-order valence-corrected chi connectivity index (χ1v) is 9.25. The Hall–Kier alpha value is -3.04. The third-order valence-corrected chi connectivity index (χ3v) is 5.31. The van der Waals surface area contributed by atoms with Crippen molar-refractivity contribution in [2.45, 2.75) is 19.3 Å². The Bertz CT molecular complexity index is 1060. The van der Waals surface area contributed by atoms with E-state index in [-0.39, 0.29) is 6.10 Å². The van der Waals surface area contributed by atoms with Gasteiger partial charge in [0.15, 0.2) is 5.69 Å². The lowest BCUT2D eigenvalue weighted by atomic mass is 10.1. The van der Waals surface area contributed by atoms with Crippen LogP contribution in [-0.4, -0.2) is 32.2 Å². The molecule has 3 aromatic heterocycles. The van der Waals surface area contributed by atoms with Crippen LogP contribution >= 0.6 is 11.3 Å². The lowest BCUT2D eigenvalue weighted by molar-refractivity contribution is -0.00114. The molecule has 5 rings (SSSR count). The number of benzene rings is 1. The van der Waals surface area contributed by atoms with Crippen molar-refractivity contribution in [3.05, 3.63) is 53.0 Å². The summed E-state index contributed by atoms with van der Waals surface area (Å²) in [5, 5.41) is 14.5. The highest BCUT2D eigenvalue weighted by Gasteiger charge is 2.27. The summed E-state index contributed by atoms with van der Waals surface area (Å²) in [6, 6.07) is 11.7. The largest absolute Gasteiger partial charge is 0.497 e. The molecule has 136 valence electrons. The van der Waals surface area contributed by atoms with Crippen molar-refractivity contribution in [2.24, 2.45) is 0 Å². The number of rotatable bonds is 4. The molecule has 0 amide bonds. The molecule has 0 saturated heterocycles. The Labute approximate surface area is 158 Å². The van der Waals surface area contributed by atoms with E-state index < -0.39 is 0 Å². The summed E-state index contributed by atoms with van der Waals surface area (Å²) in [7, 11) is 1.65. The molecule has 27 heavy (non-hydrogen) atoms. The molecule has 0 fully saturated rings. The minimum atomic E-state index is -0.0927. The second kappa shape index (κ2) is 6.60. The van der Waals surface area contributed by atoms with Crippen molar-refractivity contribution < 1.29 is 14.0 Å². The van der Waals surface area contributed by atoms with Crippen molar-refractivity contribution >= 4 is 11.3 Å². The predicted molar refractivity (Wildman–Crippen MR) is 97.2 cm³/mol. The zero-order chi connectivity index (χ0) is 18.2. The first-order chi connectivity index (χ1) is 13.3. The van der Waals surface area contributed by atoms with Crippen LogP contribution in [0.15, 0.2) is 46.3 Å². The van der Waals surface area contributed by atoms with Crippen LogP contribution in [0.25, 0.3) is 22.3 Å². The highest BCUT2D eigenvalue weighted by atomic mass is 32.1. The Balaban J connectivity index is 1.40. The molecule has 1 atom stereocenters. The number of nitrogens with zero attached hydrogens (tertiary/aromatic N) is 5. The average molecular weight is 381 g/mol. The molecule has 1 aliphatic rings. The number of hydrogen-bond donors (Lipinski definition) is 0. The third-order valence-electron chi connectivity index (χ3n) is 4.45. The number of hydrogen-bond acceptors (Lipinski definition) is 8. The minimum absolute atomic E-state index is 0.0927. The van der Waals surface area contributed by atoms with Crippen LogP contribution in [-0.2, 0) is 17.9 Å². The van der Waals surface area contributed by atoms with E-state index in [0.29, 0.717) is 30.6 Å². The highest BCUT2D eigenvalue weighted by Crippen LogP contribution is 2.31. The lowest BCUT2D eigenvalue weighted by Crippen LogP contribution is -2.22. The maximum absolute atomic E-state index is 6.04. The quantitative estimate of drug-likeness (QED) is 0.536. The van der Waals surface area contributed by atoms with Gasteiger partial charge in [-0.15, -0.1) is 16.4 Å². The molecule has 0 unspecified atom stereocenters. The van der Waals surface area contributed by atoms with Crippen molar-refractivity contribution in [2.75, 3.05) is 7.11 Å². The number of methoxy groups -OCH3 is 1. The second-order valence-corrected chi connectivity index (χ2v) is 6.99. The van der Waals surface area contributed by atoms with Gasteiger partial charge in [-0.3, -0.25) is 0 Å². The van der Waals surface area contributed by atoms with Crippen LogP contribution in [0.2, 0.25) is 0 Å². The van der Waals surface area contributed by atoms with Gasteiger partial charge in [0.05, 0.1) is 30.8 Å². The minimum Gasteiger partial charge on any atom is -0.497 e. The van der Waals surface area contributed by atoms with Crippen molar-refractivity contribution in [3.8, 4) is 28.0 Å². The third kappa shape index (κ3) is 2.90. The van der Waals surface area contributed by atoms with Gasteiger partial charge in [-0.2, -0.15) is 4.98 Å². The molecular formula is C18H15N5O3S. The van der Waals surface area contributed by atoms with Crippen LogP contribution in [0.5, 0.6) is 5.75 Å². The zero-order valence-corrected chi connectivity index (χ0v) is 15.2. The molecule has 1 aromatic carbocycles. The maximum atomic E-state index is 6.04. The zero-order valence-electron chi connectivity index (χ0n) is 14.4. The standard InChI is InChI=1S/C18H15N5O3S/c1-24-12-6-4-11(5-7-12)14-9-23-13(10-25-14)16(20-22-23)17-19-18(26-21-17)15-3-2-8-27-15/h2-8,14H,9-10H2,1H3/t14-/m0/s1. The van der Waals surface area contributed by atoms with E-state index >= 15 is 0 Å². The van der Waals surface area contributed by atoms with Gasteiger partial charge in [0, 0.05) is 0 Å². The molecule has 0 aliphatic carbocycles. The van der Waals surface area contributed by atoms with E-state index in [1.165, 1.54) is 0 Å². The molecule has 0 N–H and O–H groups in total. The Kier molecular flexibility index (Phi) is 3.95. The van der Waals surface area contributed by atoms with E-state index in [0.717, 1.165) is 21.9 Å². The molecule has 8 nitrogen and oxygen atoms in total. The van der Waals surface area contributed by atoms with Crippen molar-refractivity contribution in [3.63, 3.8) is 0 Å². The second-order valence-electron chi connectivity index (χ2n) is 6.04. The van der Waals surface area contributed by atoms with Crippen LogP contribution in [0.1, 0.15) is 17.4 Å². The van der Waals surface area contributed by atoms with Gasteiger partial charge in [0.25, 0.3) is 5.89 Å². The van der Waals surface area contributed by atoms with Crippen LogP contribution in [0, 0.1) is 0 Å². The molecule has 0 saturated carbocycles. The topological polar surface area (TPSA) is 88.1 Å². The molecule has 0 bridgehead atoms. The van der Waals surface area contributed by atoms with E-state index in [1.54, 1.807) is 18.4 Å². The molecule has 1 aliphatic heterocycles. The molecule has 9 heteroatoms. The van der Waals surface area contributed by atoms with E-state index in [4.69, 9.17) is 14.0 Å². The van der Waals surface area contributed by atoms with E-state index in [2.05, 4.69) is 20.5 Å². The highest BCUT2D eigenvalue weighted by molar-refractivity contribution is 7.13. The Morgan fingerprint density at radius 2 is 2.11 bits per heavy atom. The van der Waals surface area contributed by atoms with Gasteiger partial charge >= 0.3 is 0 Å². The summed E-state index contributed by atoms with van der Waals surface area (Å²) >= 11 is 1.54. The molecule has 0 spiro atoms. The van der Waals surface area contributed by atoms with Gasteiger partial charge in [-0.1, -0.05) is 28.6 Å². The van der Waals surface area contributed by atoms with Gasteiger partial charge in [-0.05, 0) is 29.1 Å².